The fourth-order valence-corrected chi connectivity index (χ4v) is 3.88. The maximum atomic E-state index is 10.8. The summed E-state index contributed by atoms with van der Waals surface area (Å²) >= 11 is 0. The Hall–Kier alpha value is -1.26. The third-order valence-corrected chi connectivity index (χ3v) is 5.06. The summed E-state index contributed by atoms with van der Waals surface area (Å²) < 4.78 is 65.0. The lowest BCUT2D eigenvalue weighted by Crippen LogP contribution is -2.48. The molecule has 1 fully saturated rings. The van der Waals surface area contributed by atoms with Crippen molar-refractivity contribution in [1.82, 2.24) is 4.90 Å². The Labute approximate surface area is 149 Å². The zero-order chi connectivity index (χ0) is 22.5. The number of hydrogen-bond donors (Lipinski definition) is 1. The molecule has 1 aromatic carbocycles. The van der Waals surface area contributed by atoms with E-state index in [1.165, 1.54) is 0 Å². The van der Waals surface area contributed by atoms with Crippen LogP contribution in [0.25, 0.3) is 0 Å². The summed E-state index contributed by atoms with van der Waals surface area (Å²) in [7, 11) is 3.14. The molecule has 0 unspecified atom stereocenters. The Morgan fingerprint density at radius 1 is 1.35 bits per heavy atom. The molecule has 1 saturated heterocycles. The van der Waals surface area contributed by atoms with E-state index >= 15 is 0 Å². The van der Waals surface area contributed by atoms with E-state index in [0.29, 0.717) is 31.0 Å². The highest BCUT2D eigenvalue weighted by Gasteiger charge is 2.38. The van der Waals surface area contributed by atoms with Crippen molar-refractivity contribution in [3.8, 4) is 11.5 Å². The zero-order valence-electron chi connectivity index (χ0n) is 20.6. The zero-order valence-corrected chi connectivity index (χ0v) is 13.6. The van der Waals surface area contributed by atoms with Gasteiger partial charge in [0.2, 0.25) is 0 Å². The smallest absolute Gasteiger partial charge is 0.161 e. The third-order valence-electron chi connectivity index (χ3n) is 5.06. The minimum Gasteiger partial charge on any atom is -0.493 e. The SMILES string of the molecule is [2H]C([2H])([2H])C([2H])(C[C@H]1CN2CCc3cc(OC)c(OC)cc3[C@@H]2C[C@@H]1O)C([2H])([2H])[2H]. The lowest BCUT2D eigenvalue weighted by Gasteiger charge is -2.46. The van der Waals surface area contributed by atoms with E-state index in [9.17, 15) is 5.11 Å². The Morgan fingerprint density at radius 2 is 2.09 bits per heavy atom. The average molecular weight is 326 g/mol. The van der Waals surface area contributed by atoms with Crippen LogP contribution in [0.3, 0.4) is 0 Å². The Morgan fingerprint density at radius 3 is 2.78 bits per heavy atom. The van der Waals surface area contributed by atoms with Crippen LogP contribution >= 0.6 is 0 Å². The number of benzene rings is 1. The fourth-order valence-electron chi connectivity index (χ4n) is 3.88. The van der Waals surface area contributed by atoms with Crippen molar-refractivity contribution < 1.29 is 24.2 Å². The second-order valence-electron chi connectivity index (χ2n) is 6.41. The van der Waals surface area contributed by atoms with Crippen LogP contribution in [-0.4, -0.2) is 43.4 Å². The van der Waals surface area contributed by atoms with Gasteiger partial charge in [0.15, 0.2) is 11.5 Å². The molecule has 2 heterocycles. The minimum absolute atomic E-state index is 0.0829. The molecule has 3 rings (SSSR count). The maximum absolute atomic E-state index is 10.8. The first-order valence-corrected chi connectivity index (χ1v) is 7.99. The van der Waals surface area contributed by atoms with Gasteiger partial charge in [-0.2, -0.15) is 0 Å². The van der Waals surface area contributed by atoms with Gasteiger partial charge in [0.25, 0.3) is 0 Å². The molecular formula is C19H29NO3. The average Bonchev–Trinajstić information content (AvgIpc) is 2.65. The molecular weight excluding hydrogens is 290 g/mol. The van der Waals surface area contributed by atoms with Gasteiger partial charge < -0.3 is 14.6 Å². The summed E-state index contributed by atoms with van der Waals surface area (Å²) in [4.78, 5) is 2.14. The van der Waals surface area contributed by atoms with E-state index in [1.54, 1.807) is 14.2 Å². The number of nitrogens with zero attached hydrogens (tertiary/aromatic N) is 1. The van der Waals surface area contributed by atoms with Gasteiger partial charge in [-0.1, -0.05) is 13.7 Å². The predicted octanol–water partition coefficient (Wildman–Crippen LogP) is 3.03. The molecule has 4 heteroatoms. The number of piperidine rings is 1. The van der Waals surface area contributed by atoms with Crippen molar-refractivity contribution in [3.63, 3.8) is 0 Å². The number of ether oxygens (including phenoxy) is 2. The Bertz CT molecular complexity index is 767. The van der Waals surface area contributed by atoms with Crippen LogP contribution in [0.5, 0.6) is 11.5 Å². The molecule has 1 aromatic rings. The Balaban J connectivity index is 1.86. The van der Waals surface area contributed by atoms with Gasteiger partial charge in [-0.05, 0) is 54.3 Å². The van der Waals surface area contributed by atoms with E-state index in [-0.39, 0.29) is 6.04 Å². The van der Waals surface area contributed by atoms with E-state index in [4.69, 9.17) is 19.1 Å². The topological polar surface area (TPSA) is 41.9 Å². The summed E-state index contributed by atoms with van der Waals surface area (Å²) in [5.41, 5.74) is 2.14. The Kier molecular flexibility index (Phi) is 2.88. The van der Waals surface area contributed by atoms with Gasteiger partial charge in [-0.3, -0.25) is 4.90 Å². The third kappa shape index (κ3) is 3.20. The number of hydrogen-bond acceptors (Lipinski definition) is 4. The van der Waals surface area contributed by atoms with Gasteiger partial charge in [-0.15, -0.1) is 0 Å². The first-order chi connectivity index (χ1) is 13.8. The number of aliphatic hydroxyl groups excluding tert-OH is 1. The van der Waals surface area contributed by atoms with Crippen molar-refractivity contribution in [2.75, 3.05) is 27.3 Å². The molecule has 0 radical (unpaired) electrons. The summed E-state index contributed by atoms with van der Waals surface area (Å²) in [5, 5.41) is 10.8. The molecule has 128 valence electrons. The van der Waals surface area contributed by atoms with E-state index in [2.05, 4.69) is 4.90 Å². The molecule has 0 aliphatic carbocycles. The summed E-state index contributed by atoms with van der Waals surface area (Å²) in [6.45, 7) is -4.92. The largest absolute Gasteiger partial charge is 0.493 e. The highest BCUT2D eigenvalue weighted by atomic mass is 16.5. The lowest BCUT2D eigenvalue weighted by molar-refractivity contribution is -0.0191. The van der Waals surface area contributed by atoms with E-state index < -0.39 is 38.0 Å². The second-order valence-corrected chi connectivity index (χ2v) is 6.41. The lowest BCUT2D eigenvalue weighted by atomic mass is 9.79. The van der Waals surface area contributed by atoms with Crippen LogP contribution in [0.2, 0.25) is 0 Å². The van der Waals surface area contributed by atoms with E-state index in [1.807, 2.05) is 12.1 Å². The van der Waals surface area contributed by atoms with Crippen molar-refractivity contribution in [1.29, 1.82) is 0 Å². The van der Waals surface area contributed by atoms with Gasteiger partial charge >= 0.3 is 0 Å². The molecule has 23 heavy (non-hydrogen) atoms. The summed E-state index contributed by atoms with van der Waals surface area (Å²) in [6, 6.07) is 3.78. The molecule has 3 atom stereocenters. The number of fused-ring (bicyclic) bond motifs is 3. The highest BCUT2D eigenvalue weighted by Crippen LogP contribution is 2.43. The molecule has 0 aromatic heterocycles. The van der Waals surface area contributed by atoms with Crippen LogP contribution < -0.4 is 9.47 Å². The van der Waals surface area contributed by atoms with Crippen molar-refractivity contribution in [2.45, 2.75) is 45.1 Å². The van der Waals surface area contributed by atoms with Crippen molar-refractivity contribution >= 4 is 0 Å². The molecule has 2 aliphatic rings. The van der Waals surface area contributed by atoms with Crippen LogP contribution in [0, 0.1) is 11.8 Å². The van der Waals surface area contributed by atoms with Crippen LogP contribution in [0.1, 0.15) is 53.3 Å². The maximum Gasteiger partial charge on any atom is 0.161 e. The van der Waals surface area contributed by atoms with Crippen molar-refractivity contribution in [2.24, 2.45) is 11.8 Å². The number of rotatable bonds is 4. The molecule has 0 amide bonds. The first-order valence-electron chi connectivity index (χ1n) is 11.5. The number of aliphatic hydroxyl groups is 1. The fraction of sp³-hybridized carbons (Fsp3) is 0.684. The highest BCUT2D eigenvalue weighted by molar-refractivity contribution is 5.49. The van der Waals surface area contributed by atoms with Crippen LogP contribution in [0.4, 0.5) is 0 Å². The molecule has 0 spiro atoms. The molecule has 4 nitrogen and oxygen atoms in total. The monoisotopic (exact) mass is 326 g/mol. The molecule has 1 N–H and O–H groups in total. The minimum atomic E-state index is -2.98. The van der Waals surface area contributed by atoms with Crippen LogP contribution in [0.15, 0.2) is 12.1 Å². The van der Waals surface area contributed by atoms with Gasteiger partial charge in [-0.25, -0.2) is 0 Å². The first kappa shape index (κ1) is 9.90. The van der Waals surface area contributed by atoms with Crippen LogP contribution in [-0.2, 0) is 6.42 Å². The van der Waals surface area contributed by atoms with Crippen molar-refractivity contribution in [3.05, 3.63) is 23.3 Å². The standard InChI is InChI=1S/C19H29NO3/c1-12(2)7-14-11-20-6-5-13-8-18(22-3)19(23-4)9-15(13)16(20)10-17(14)21/h8-9,12,14,16-17,21H,5-7,10-11H2,1-4H3/t14-,16-,17-/m0/s1/i1D3,2D3,12D. The molecule has 0 bridgehead atoms. The normalized spacial score (nSPS) is 33.5. The van der Waals surface area contributed by atoms with E-state index in [0.717, 1.165) is 17.5 Å². The summed E-state index contributed by atoms with van der Waals surface area (Å²) in [6.07, 6.45) is -0.228. The number of methoxy groups -OCH3 is 2. The molecule has 2 aliphatic heterocycles. The second kappa shape index (κ2) is 6.70. The predicted molar refractivity (Wildman–Crippen MR) is 91.1 cm³/mol. The quantitative estimate of drug-likeness (QED) is 0.923. The van der Waals surface area contributed by atoms with Gasteiger partial charge in [0.05, 0.1) is 20.3 Å². The molecule has 0 saturated carbocycles. The van der Waals surface area contributed by atoms with Gasteiger partial charge in [0, 0.05) is 28.7 Å². The van der Waals surface area contributed by atoms with Gasteiger partial charge in [0.1, 0.15) is 0 Å². The summed E-state index contributed by atoms with van der Waals surface area (Å²) in [5.74, 6) is -1.98.